The van der Waals surface area contributed by atoms with Crippen molar-refractivity contribution in [1.82, 2.24) is 9.62 Å². The third-order valence-corrected chi connectivity index (χ3v) is 7.06. The number of amides is 1. The molecule has 1 amide bonds. The first-order valence-corrected chi connectivity index (χ1v) is 11.5. The number of likely N-dealkylation sites (tertiary alicyclic amines) is 1. The molecule has 1 saturated heterocycles. The fraction of sp³-hybridized carbons (Fsp3) is 0.650. The summed E-state index contributed by atoms with van der Waals surface area (Å²) in [5.74, 6) is 0.166. The van der Waals surface area contributed by atoms with Crippen LogP contribution in [0.5, 0.6) is 5.75 Å². The van der Waals surface area contributed by atoms with Gasteiger partial charge in [0.1, 0.15) is 10.6 Å². The predicted octanol–water partition coefficient (Wildman–Crippen LogP) is 3.32. The fourth-order valence-corrected chi connectivity index (χ4v) is 5.48. The molecule has 1 aliphatic carbocycles. The quantitative estimate of drug-likeness (QED) is 0.831. The maximum atomic E-state index is 13.0. The molecule has 3 rings (SSSR count). The molecule has 1 aromatic carbocycles. The predicted molar refractivity (Wildman–Crippen MR) is 105 cm³/mol. The Bertz CT molecular complexity index is 749. The van der Waals surface area contributed by atoms with E-state index in [1.165, 1.54) is 13.2 Å². The van der Waals surface area contributed by atoms with Gasteiger partial charge in [-0.15, -0.1) is 0 Å². The number of hydrogen-bond donors (Lipinski definition) is 1. The van der Waals surface area contributed by atoms with Gasteiger partial charge in [0.2, 0.25) is 10.0 Å². The first-order valence-electron chi connectivity index (χ1n) is 10.0. The Labute approximate surface area is 162 Å². The monoisotopic (exact) mass is 394 g/mol. The molecule has 27 heavy (non-hydrogen) atoms. The van der Waals surface area contributed by atoms with Crippen molar-refractivity contribution in [2.75, 3.05) is 20.2 Å². The summed E-state index contributed by atoms with van der Waals surface area (Å²) >= 11 is 0. The van der Waals surface area contributed by atoms with Crippen LogP contribution in [0.15, 0.2) is 23.1 Å². The molecule has 0 spiro atoms. The number of carbonyl (C=O) groups excluding carboxylic acids is 1. The summed E-state index contributed by atoms with van der Waals surface area (Å²) in [5.41, 5.74) is 0.404. The van der Waals surface area contributed by atoms with E-state index in [1.54, 1.807) is 12.1 Å². The van der Waals surface area contributed by atoms with E-state index in [0.29, 0.717) is 5.56 Å². The van der Waals surface area contributed by atoms with Crippen molar-refractivity contribution in [3.8, 4) is 5.75 Å². The largest absolute Gasteiger partial charge is 0.495 e. The normalized spacial score (nSPS) is 19.5. The van der Waals surface area contributed by atoms with Crippen molar-refractivity contribution >= 4 is 15.9 Å². The van der Waals surface area contributed by atoms with Gasteiger partial charge in [-0.25, -0.2) is 13.1 Å². The van der Waals surface area contributed by atoms with Gasteiger partial charge in [0, 0.05) is 24.7 Å². The molecule has 0 radical (unpaired) electrons. The number of methoxy groups -OCH3 is 1. The number of carbonyl (C=O) groups is 1. The van der Waals surface area contributed by atoms with Gasteiger partial charge in [0.25, 0.3) is 5.91 Å². The first kappa shape index (κ1) is 20.1. The Balaban J connectivity index is 1.85. The summed E-state index contributed by atoms with van der Waals surface area (Å²) in [4.78, 5) is 14.8. The Hall–Kier alpha value is -1.60. The van der Waals surface area contributed by atoms with E-state index < -0.39 is 10.0 Å². The average Bonchev–Trinajstić information content (AvgIpc) is 2.97. The Kier molecular flexibility index (Phi) is 6.76. The maximum absolute atomic E-state index is 13.0. The zero-order valence-electron chi connectivity index (χ0n) is 16.1. The van der Waals surface area contributed by atoms with E-state index in [9.17, 15) is 13.2 Å². The van der Waals surface area contributed by atoms with Gasteiger partial charge in [-0.05, 0) is 43.9 Å². The van der Waals surface area contributed by atoms with E-state index in [1.807, 2.05) is 4.90 Å². The van der Waals surface area contributed by atoms with Crippen LogP contribution >= 0.6 is 0 Å². The van der Waals surface area contributed by atoms with E-state index in [4.69, 9.17) is 4.74 Å². The lowest BCUT2D eigenvalue weighted by atomic mass is 9.96. The molecule has 0 unspecified atom stereocenters. The van der Waals surface area contributed by atoms with Gasteiger partial charge >= 0.3 is 0 Å². The summed E-state index contributed by atoms with van der Waals surface area (Å²) in [6.07, 6.45) is 9.21. The maximum Gasteiger partial charge on any atom is 0.253 e. The second kappa shape index (κ2) is 9.06. The SMILES string of the molecule is COc1ccc(C(=O)N2CCCCCC2)cc1S(=O)(=O)NC1CCCCC1. The molecule has 6 nitrogen and oxygen atoms in total. The van der Waals surface area contributed by atoms with Crippen LogP contribution in [0.3, 0.4) is 0 Å². The summed E-state index contributed by atoms with van der Waals surface area (Å²) in [6, 6.07) is 4.67. The third kappa shape index (κ3) is 5.02. The Morgan fingerprint density at radius 2 is 1.67 bits per heavy atom. The second-order valence-corrected chi connectivity index (χ2v) is 9.21. The summed E-state index contributed by atoms with van der Waals surface area (Å²) < 4.78 is 34.0. The van der Waals surface area contributed by atoms with Crippen molar-refractivity contribution in [3.05, 3.63) is 23.8 Å². The summed E-state index contributed by atoms with van der Waals surface area (Å²) in [6.45, 7) is 1.46. The van der Waals surface area contributed by atoms with Crippen LogP contribution in [-0.2, 0) is 10.0 Å². The first-order chi connectivity index (χ1) is 13.0. The van der Waals surface area contributed by atoms with Crippen LogP contribution < -0.4 is 9.46 Å². The van der Waals surface area contributed by atoms with E-state index >= 15 is 0 Å². The Morgan fingerprint density at radius 1 is 1.04 bits per heavy atom. The van der Waals surface area contributed by atoms with Crippen molar-refractivity contribution in [1.29, 1.82) is 0 Å². The summed E-state index contributed by atoms with van der Waals surface area (Å²) in [5, 5.41) is 0. The number of nitrogens with one attached hydrogen (secondary N) is 1. The molecule has 2 fully saturated rings. The smallest absolute Gasteiger partial charge is 0.253 e. The molecule has 1 aliphatic heterocycles. The van der Waals surface area contributed by atoms with Crippen molar-refractivity contribution in [3.63, 3.8) is 0 Å². The number of rotatable bonds is 5. The molecule has 1 heterocycles. The molecular formula is C20H30N2O4S. The lowest BCUT2D eigenvalue weighted by Crippen LogP contribution is -2.36. The van der Waals surface area contributed by atoms with Gasteiger partial charge < -0.3 is 9.64 Å². The molecule has 2 aliphatic rings. The lowest BCUT2D eigenvalue weighted by molar-refractivity contribution is 0.0761. The average molecular weight is 395 g/mol. The van der Waals surface area contributed by atoms with Gasteiger partial charge in [0.05, 0.1) is 7.11 Å². The number of nitrogens with zero attached hydrogens (tertiary/aromatic N) is 1. The van der Waals surface area contributed by atoms with Crippen LogP contribution in [0.2, 0.25) is 0 Å². The molecule has 0 bridgehead atoms. The molecule has 1 saturated carbocycles. The van der Waals surface area contributed by atoms with Crippen LogP contribution in [-0.4, -0.2) is 45.5 Å². The second-order valence-electron chi connectivity index (χ2n) is 7.53. The van der Waals surface area contributed by atoms with Crippen LogP contribution in [0, 0.1) is 0 Å². The number of hydrogen-bond acceptors (Lipinski definition) is 4. The highest BCUT2D eigenvalue weighted by Crippen LogP contribution is 2.28. The van der Waals surface area contributed by atoms with Crippen LogP contribution in [0.4, 0.5) is 0 Å². The third-order valence-electron chi connectivity index (χ3n) is 5.52. The molecule has 150 valence electrons. The van der Waals surface area contributed by atoms with Gasteiger partial charge in [-0.2, -0.15) is 0 Å². The highest BCUT2D eigenvalue weighted by molar-refractivity contribution is 7.89. The van der Waals surface area contributed by atoms with Crippen LogP contribution in [0.1, 0.15) is 68.1 Å². The highest BCUT2D eigenvalue weighted by Gasteiger charge is 2.27. The molecule has 7 heteroatoms. The van der Waals surface area contributed by atoms with Crippen molar-refractivity contribution in [2.24, 2.45) is 0 Å². The minimum Gasteiger partial charge on any atom is -0.495 e. The molecule has 1 N–H and O–H groups in total. The van der Waals surface area contributed by atoms with Crippen molar-refractivity contribution < 1.29 is 17.9 Å². The van der Waals surface area contributed by atoms with Gasteiger partial charge in [-0.1, -0.05) is 32.1 Å². The number of sulfonamides is 1. The topological polar surface area (TPSA) is 75.7 Å². The Morgan fingerprint density at radius 3 is 2.30 bits per heavy atom. The zero-order valence-corrected chi connectivity index (χ0v) is 16.9. The highest BCUT2D eigenvalue weighted by atomic mass is 32.2. The van der Waals surface area contributed by atoms with Crippen molar-refractivity contribution in [2.45, 2.75) is 68.7 Å². The summed E-state index contributed by atoms with van der Waals surface area (Å²) in [7, 11) is -2.29. The molecular weight excluding hydrogens is 364 g/mol. The molecule has 1 aromatic rings. The van der Waals surface area contributed by atoms with Gasteiger partial charge in [-0.3, -0.25) is 4.79 Å². The van der Waals surface area contributed by atoms with Gasteiger partial charge in [0.15, 0.2) is 0 Å². The zero-order chi connectivity index (χ0) is 19.3. The lowest BCUT2D eigenvalue weighted by Gasteiger charge is -2.24. The number of ether oxygens (including phenoxy) is 1. The fourth-order valence-electron chi connectivity index (χ4n) is 3.98. The molecule has 0 atom stereocenters. The standard InChI is InChI=1S/C20H30N2O4S/c1-26-18-12-11-16(20(23)22-13-7-2-3-8-14-22)15-19(18)27(24,25)21-17-9-5-4-6-10-17/h11-12,15,17,21H,2-10,13-14H2,1H3. The molecule has 0 aromatic heterocycles. The van der Waals surface area contributed by atoms with Crippen LogP contribution in [0.25, 0.3) is 0 Å². The van der Waals surface area contributed by atoms with E-state index in [0.717, 1.165) is 70.9 Å². The minimum atomic E-state index is -3.74. The minimum absolute atomic E-state index is 0.0431. The van der Waals surface area contributed by atoms with E-state index in [2.05, 4.69) is 4.72 Å². The van der Waals surface area contributed by atoms with E-state index in [-0.39, 0.29) is 22.6 Å². The number of benzene rings is 1.